The van der Waals surface area contributed by atoms with Crippen LogP contribution in [-0.2, 0) is 22.6 Å². The molecule has 10 heteroatoms. The number of pyridine rings is 1. The fraction of sp³-hybridized carbons (Fsp3) is 0.382. The highest BCUT2D eigenvalue weighted by Gasteiger charge is 2.35. The summed E-state index contributed by atoms with van der Waals surface area (Å²) in [6.45, 7) is 8.56. The van der Waals surface area contributed by atoms with Crippen LogP contribution < -0.4 is 19.9 Å². The second-order valence-electron chi connectivity index (χ2n) is 11.6. The summed E-state index contributed by atoms with van der Waals surface area (Å²) in [5, 5.41) is 25.4. The third-order valence-electron chi connectivity index (χ3n) is 8.93. The minimum Gasteiger partial charge on any atom is -0.474 e. The summed E-state index contributed by atoms with van der Waals surface area (Å²) in [5.41, 5.74) is 5.29. The van der Waals surface area contributed by atoms with Crippen molar-refractivity contribution in [1.29, 1.82) is 10.5 Å². The van der Waals surface area contributed by atoms with Crippen LogP contribution in [0.15, 0.2) is 49.1 Å². The van der Waals surface area contributed by atoms with Crippen molar-refractivity contribution in [2.75, 3.05) is 42.6 Å². The number of rotatable bonds is 7. The van der Waals surface area contributed by atoms with Gasteiger partial charge in [0.2, 0.25) is 17.7 Å². The van der Waals surface area contributed by atoms with Crippen LogP contribution in [-0.4, -0.2) is 66.6 Å². The molecular formula is C34H35N7O3. The van der Waals surface area contributed by atoms with Gasteiger partial charge in [-0.3, -0.25) is 9.59 Å². The number of fused-ring (bicyclic) bond motifs is 2. The SMILES string of the molecule is C=CC(=O)N1CCN(c2c(C#N)c(OCC3CCC(=O)N3)nc3c2CCN(c2cccc4cccc(C)c24)C3)CC1CC#N. The largest absolute Gasteiger partial charge is 0.474 e. The first-order valence-corrected chi connectivity index (χ1v) is 15.1. The molecule has 224 valence electrons. The lowest BCUT2D eigenvalue weighted by atomic mass is 9.95. The smallest absolute Gasteiger partial charge is 0.246 e. The third-order valence-corrected chi connectivity index (χ3v) is 8.93. The maximum absolute atomic E-state index is 12.6. The van der Waals surface area contributed by atoms with E-state index in [0.717, 1.165) is 29.2 Å². The van der Waals surface area contributed by atoms with Crippen LogP contribution in [0.4, 0.5) is 11.4 Å². The molecule has 1 N–H and O–H groups in total. The normalized spacial score (nSPS) is 19.6. The summed E-state index contributed by atoms with van der Waals surface area (Å²) < 4.78 is 6.22. The predicted molar refractivity (Wildman–Crippen MR) is 167 cm³/mol. The lowest BCUT2D eigenvalue weighted by Gasteiger charge is -2.43. The van der Waals surface area contributed by atoms with E-state index in [-0.39, 0.29) is 42.8 Å². The second-order valence-corrected chi connectivity index (χ2v) is 11.6. The fourth-order valence-corrected chi connectivity index (χ4v) is 6.79. The summed E-state index contributed by atoms with van der Waals surface area (Å²) in [5.74, 6) is 0.0419. The number of benzene rings is 2. The van der Waals surface area contributed by atoms with Gasteiger partial charge in [0, 0.05) is 49.2 Å². The number of carbonyl (C=O) groups is 2. The van der Waals surface area contributed by atoms with Gasteiger partial charge in [0.25, 0.3) is 0 Å². The molecule has 2 amide bonds. The van der Waals surface area contributed by atoms with E-state index in [2.05, 4.69) is 77.2 Å². The van der Waals surface area contributed by atoms with Crippen molar-refractivity contribution >= 4 is 34.0 Å². The molecule has 3 aliphatic rings. The Balaban J connectivity index is 1.40. The van der Waals surface area contributed by atoms with E-state index in [1.54, 1.807) is 4.90 Å². The monoisotopic (exact) mass is 589 g/mol. The van der Waals surface area contributed by atoms with Gasteiger partial charge in [-0.05, 0) is 42.9 Å². The Labute approximate surface area is 257 Å². The zero-order valence-corrected chi connectivity index (χ0v) is 24.9. The van der Waals surface area contributed by atoms with Crippen molar-refractivity contribution in [2.24, 2.45) is 0 Å². The summed E-state index contributed by atoms with van der Waals surface area (Å²) >= 11 is 0. The van der Waals surface area contributed by atoms with Gasteiger partial charge in [-0.25, -0.2) is 4.98 Å². The Hall–Kier alpha value is -5.09. The van der Waals surface area contributed by atoms with Gasteiger partial charge in [0.1, 0.15) is 18.2 Å². The summed E-state index contributed by atoms with van der Waals surface area (Å²) in [7, 11) is 0. The van der Waals surface area contributed by atoms with Crippen LogP contribution >= 0.6 is 0 Å². The minimum absolute atomic E-state index is 0.00491. The van der Waals surface area contributed by atoms with E-state index in [0.29, 0.717) is 51.0 Å². The van der Waals surface area contributed by atoms with Crippen molar-refractivity contribution < 1.29 is 14.3 Å². The molecule has 2 fully saturated rings. The zero-order chi connectivity index (χ0) is 30.8. The van der Waals surface area contributed by atoms with Gasteiger partial charge >= 0.3 is 0 Å². The number of ether oxygens (including phenoxy) is 1. The lowest BCUT2D eigenvalue weighted by Crippen LogP contribution is -2.55. The van der Waals surface area contributed by atoms with Gasteiger partial charge in [0.05, 0.1) is 42.5 Å². The van der Waals surface area contributed by atoms with Gasteiger partial charge < -0.3 is 24.8 Å². The number of aromatic nitrogens is 1. The number of hydrogen-bond acceptors (Lipinski definition) is 8. The quantitative estimate of drug-likeness (QED) is 0.413. The van der Waals surface area contributed by atoms with Crippen LogP contribution in [0.1, 0.15) is 41.6 Å². The van der Waals surface area contributed by atoms with Crippen molar-refractivity contribution in [3.8, 4) is 18.0 Å². The number of amides is 2. The predicted octanol–water partition coefficient (Wildman–Crippen LogP) is 3.75. The van der Waals surface area contributed by atoms with Gasteiger partial charge in [-0.2, -0.15) is 10.5 Å². The molecule has 3 aliphatic heterocycles. The number of nitriles is 2. The molecule has 3 aromatic rings. The highest BCUT2D eigenvalue weighted by molar-refractivity contribution is 5.97. The molecule has 0 bridgehead atoms. The van der Waals surface area contributed by atoms with Crippen LogP contribution in [0.2, 0.25) is 0 Å². The van der Waals surface area contributed by atoms with E-state index in [9.17, 15) is 20.1 Å². The molecule has 44 heavy (non-hydrogen) atoms. The van der Waals surface area contributed by atoms with Gasteiger partial charge in [-0.1, -0.05) is 36.9 Å². The molecule has 4 heterocycles. The van der Waals surface area contributed by atoms with Crippen molar-refractivity contribution in [3.05, 3.63) is 71.4 Å². The number of carbonyl (C=O) groups excluding carboxylic acids is 2. The topological polar surface area (TPSA) is 126 Å². The average Bonchev–Trinajstić information content (AvgIpc) is 3.47. The fourth-order valence-electron chi connectivity index (χ4n) is 6.79. The van der Waals surface area contributed by atoms with Crippen molar-refractivity contribution in [1.82, 2.24) is 15.2 Å². The molecule has 2 unspecified atom stereocenters. The molecule has 0 radical (unpaired) electrons. The number of hydrogen-bond donors (Lipinski definition) is 1. The molecule has 0 aliphatic carbocycles. The molecule has 0 spiro atoms. The van der Waals surface area contributed by atoms with E-state index in [1.807, 2.05) is 0 Å². The number of nitrogens with zero attached hydrogens (tertiary/aromatic N) is 6. The molecule has 10 nitrogen and oxygen atoms in total. The summed E-state index contributed by atoms with van der Waals surface area (Å²) in [6.07, 6.45) is 3.25. The van der Waals surface area contributed by atoms with Crippen LogP contribution in [0.5, 0.6) is 5.88 Å². The summed E-state index contributed by atoms with van der Waals surface area (Å²) in [4.78, 5) is 35.5. The van der Waals surface area contributed by atoms with Crippen LogP contribution in [0, 0.1) is 29.6 Å². The molecular weight excluding hydrogens is 554 g/mol. The van der Waals surface area contributed by atoms with Crippen LogP contribution in [0.25, 0.3) is 10.8 Å². The third kappa shape index (κ3) is 5.40. The zero-order valence-electron chi connectivity index (χ0n) is 24.9. The Kier molecular flexibility index (Phi) is 8.08. The maximum atomic E-state index is 12.6. The highest BCUT2D eigenvalue weighted by atomic mass is 16.5. The first kappa shape index (κ1) is 29.0. The summed E-state index contributed by atoms with van der Waals surface area (Å²) in [6, 6.07) is 16.8. The van der Waals surface area contributed by atoms with Crippen molar-refractivity contribution in [2.45, 2.75) is 51.2 Å². The van der Waals surface area contributed by atoms with Crippen molar-refractivity contribution in [3.63, 3.8) is 0 Å². The Morgan fingerprint density at radius 3 is 2.70 bits per heavy atom. The number of piperazine rings is 1. The van der Waals surface area contributed by atoms with E-state index in [1.165, 1.54) is 22.4 Å². The first-order valence-electron chi connectivity index (χ1n) is 15.1. The number of anilines is 2. The van der Waals surface area contributed by atoms with Gasteiger partial charge in [0.15, 0.2) is 0 Å². The molecule has 2 atom stereocenters. The molecule has 1 aromatic heterocycles. The Morgan fingerprint density at radius 1 is 1.16 bits per heavy atom. The van der Waals surface area contributed by atoms with Gasteiger partial charge in [-0.15, -0.1) is 0 Å². The molecule has 2 aromatic carbocycles. The Morgan fingerprint density at radius 2 is 1.98 bits per heavy atom. The molecule has 0 saturated carbocycles. The van der Waals surface area contributed by atoms with Crippen LogP contribution in [0.3, 0.4) is 0 Å². The highest BCUT2D eigenvalue weighted by Crippen LogP contribution is 2.40. The first-order chi connectivity index (χ1) is 21.4. The second kappa shape index (κ2) is 12.3. The minimum atomic E-state index is -0.341. The number of aryl methyl sites for hydroxylation is 1. The standard InChI is InChI=1S/C34H35N7O3/c1-3-31(43)41-17-16-40(19-25(41)12-14-35)33-26-13-15-39(29-9-5-8-23-7-4-6-22(2)32(23)29)20-28(26)38-34(27(33)18-36)44-21-24-10-11-30(42)37-24/h3-9,24-25H,1,10-13,15-17,19-21H2,2H3,(H,37,42). The average molecular weight is 590 g/mol. The van der Waals surface area contributed by atoms with E-state index >= 15 is 0 Å². The lowest BCUT2D eigenvalue weighted by molar-refractivity contribution is -0.128. The van der Waals surface area contributed by atoms with E-state index < -0.39 is 0 Å². The Bertz CT molecular complexity index is 1720. The number of nitrogens with one attached hydrogen (secondary N) is 1. The molecule has 2 saturated heterocycles. The van der Waals surface area contributed by atoms with E-state index in [4.69, 9.17) is 9.72 Å². The maximum Gasteiger partial charge on any atom is 0.246 e. The molecule has 6 rings (SSSR count).